The predicted molar refractivity (Wildman–Crippen MR) is 126 cm³/mol. The predicted octanol–water partition coefficient (Wildman–Crippen LogP) is 4.42. The smallest absolute Gasteiger partial charge is 0.247 e. The van der Waals surface area contributed by atoms with Crippen molar-refractivity contribution in [3.8, 4) is 5.75 Å². The van der Waals surface area contributed by atoms with Crippen LogP contribution in [0.25, 0.3) is 0 Å². The molecule has 0 atom stereocenters. The van der Waals surface area contributed by atoms with Gasteiger partial charge in [-0.1, -0.05) is 68.5 Å². The SMILES string of the molecule is COc1ccc(C)cc1S(=O)(=O)N(CC(=O)NC1CCCCCCC1)Cc1ccccc1. The molecule has 1 fully saturated rings. The summed E-state index contributed by atoms with van der Waals surface area (Å²) in [6.45, 7) is 1.71. The van der Waals surface area contributed by atoms with Crippen LogP contribution in [0.15, 0.2) is 53.4 Å². The number of ether oxygens (including phenoxy) is 1. The normalized spacial score (nSPS) is 15.7. The number of nitrogens with zero attached hydrogens (tertiary/aromatic N) is 1. The zero-order valence-electron chi connectivity index (χ0n) is 19.0. The van der Waals surface area contributed by atoms with E-state index in [4.69, 9.17) is 4.74 Å². The highest BCUT2D eigenvalue weighted by atomic mass is 32.2. The maximum absolute atomic E-state index is 13.7. The average Bonchev–Trinajstić information content (AvgIpc) is 2.76. The molecule has 0 unspecified atom stereocenters. The van der Waals surface area contributed by atoms with E-state index in [0.717, 1.165) is 36.8 Å². The number of rotatable bonds is 8. The molecule has 1 aliphatic rings. The van der Waals surface area contributed by atoms with Crippen LogP contribution in [-0.2, 0) is 21.4 Å². The van der Waals surface area contributed by atoms with Crippen LogP contribution in [0.1, 0.15) is 56.1 Å². The van der Waals surface area contributed by atoms with Gasteiger partial charge in [-0.25, -0.2) is 8.42 Å². The summed E-state index contributed by atoms with van der Waals surface area (Å²) in [5.74, 6) is 0.00999. The molecule has 1 amide bonds. The fourth-order valence-corrected chi connectivity index (χ4v) is 5.80. The van der Waals surface area contributed by atoms with Gasteiger partial charge in [0.2, 0.25) is 15.9 Å². The van der Waals surface area contributed by atoms with E-state index in [0.29, 0.717) is 0 Å². The fourth-order valence-electron chi connectivity index (χ4n) is 4.17. The molecular weight excluding hydrogens is 424 g/mol. The topological polar surface area (TPSA) is 75.7 Å². The molecule has 0 spiro atoms. The van der Waals surface area contributed by atoms with Crippen molar-refractivity contribution < 1.29 is 17.9 Å². The van der Waals surface area contributed by atoms with Gasteiger partial charge in [0.25, 0.3) is 0 Å². The number of benzene rings is 2. The van der Waals surface area contributed by atoms with Gasteiger partial charge in [-0.15, -0.1) is 0 Å². The van der Waals surface area contributed by atoms with Gasteiger partial charge in [-0.05, 0) is 43.0 Å². The minimum Gasteiger partial charge on any atom is -0.495 e. The first-order valence-corrected chi connectivity index (χ1v) is 12.8. The Kier molecular flexibility index (Phi) is 8.70. The number of nitrogens with one attached hydrogen (secondary N) is 1. The second-order valence-electron chi connectivity index (χ2n) is 8.52. The number of sulfonamides is 1. The monoisotopic (exact) mass is 458 g/mol. The third kappa shape index (κ3) is 6.56. The molecule has 0 heterocycles. The molecule has 1 aliphatic carbocycles. The molecule has 6 nitrogen and oxygen atoms in total. The first kappa shape index (κ1) is 24.3. The standard InChI is InChI=1S/C25H34N2O4S/c1-20-15-16-23(31-2)24(17-20)32(29,30)27(18-21-11-7-6-8-12-21)19-25(28)26-22-13-9-4-3-5-10-14-22/h6-8,11-12,15-17,22H,3-5,9-10,13-14,18-19H2,1-2H3,(H,26,28). The van der Waals surface area contributed by atoms with Crippen molar-refractivity contribution >= 4 is 15.9 Å². The number of hydrogen-bond acceptors (Lipinski definition) is 4. The van der Waals surface area contributed by atoms with Crippen LogP contribution < -0.4 is 10.1 Å². The molecule has 1 saturated carbocycles. The third-order valence-electron chi connectivity index (χ3n) is 5.93. The van der Waals surface area contributed by atoms with E-state index < -0.39 is 10.0 Å². The Morgan fingerprint density at radius 3 is 2.34 bits per heavy atom. The van der Waals surface area contributed by atoms with Gasteiger partial charge >= 0.3 is 0 Å². The number of aryl methyl sites for hydroxylation is 1. The van der Waals surface area contributed by atoms with Crippen LogP contribution in [0, 0.1) is 6.92 Å². The second kappa shape index (κ2) is 11.5. The molecular formula is C25H34N2O4S. The lowest BCUT2D eigenvalue weighted by Crippen LogP contribution is -2.44. The molecule has 1 N–H and O–H groups in total. The van der Waals surface area contributed by atoms with Crippen LogP contribution >= 0.6 is 0 Å². The maximum Gasteiger partial charge on any atom is 0.247 e. The third-order valence-corrected chi connectivity index (χ3v) is 7.74. The van der Waals surface area contributed by atoms with Crippen molar-refractivity contribution in [3.63, 3.8) is 0 Å². The number of amides is 1. The van der Waals surface area contributed by atoms with Gasteiger partial charge in [0.15, 0.2) is 0 Å². The van der Waals surface area contributed by atoms with Crippen LogP contribution in [0.5, 0.6) is 5.75 Å². The summed E-state index contributed by atoms with van der Waals surface area (Å²) in [5.41, 5.74) is 1.63. The second-order valence-corrected chi connectivity index (χ2v) is 10.4. The summed E-state index contributed by atoms with van der Waals surface area (Å²) in [6, 6.07) is 14.5. The largest absolute Gasteiger partial charge is 0.495 e. The highest BCUT2D eigenvalue weighted by Gasteiger charge is 2.30. The highest BCUT2D eigenvalue weighted by Crippen LogP contribution is 2.29. The summed E-state index contributed by atoms with van der Waals surface area (Å²) in [7, 11) is -2.51. The Bertz CT molecular complexity index is 984. The van der Waals surface area contributed by atoms with Gasteiger partial charge in [0, 0.05) is 12.6 Å². The highest BCUT2D eigenvalue weighted by molar-refractivity contribution is 7.89. The number of hydrogen-bond donors (Lipinski definition) is 1. The molecule has 0 radical (unpaired) electrons. The van der Waals surface area contributed by atoms with E-state index in [1.807, 2.05) is 37.3 Å². The summed E-state index contributed by atoms with van der Waals surface area (Å²) >= 11 is 0. The fraction of sp³-hybridized carbons (Fsp3) is 0.480. The molecule has 7 heteroatoms. The zero-order valence-corrected chi connectivity index (χ0v) is 19.9. The number of methoxy groups -OCH3 is 1. The minimum absolute atomic E-state index is 0.0784. The maximum atomic E-state index is 13.7. The van der Waals surface area contributed by atoms with Crippen molar-refractivity contribution in [2.24, 2.45) is 0 Å². The summed E-state index contributed by atoms with van der Waals surface area (Å²) < 4.78 is 33.9. The average molecular weight is 459 g/mol. The van der Waals surface area contributed by atoms with E-state index in [-0.39, 0.29) is 35.7 Å². The zero-order chi connectivity index (χ0) is 23.0. The van der Waals surface area contributed by atoms with Crippen molar-refractivity contribution in [3.05, 3.63) is 59.7 Å². The molecule has 174 valence electrons. The molecule has 0 aliphatic heterocycles. The van der Waals surface area contributed by atoms with E-state index in [2.05, 4.69) is 5.32 Å². The lowest BCUT2D eigenvalue weighted by molar-refractivity contribution is -0.122. The van der Waals surface area contributed by atoms with Crippen LogP contribution in [0.3, 0.4) is 0 Å². The lowest BCUT2D eigenvalue weighted by Gasteiger charge is -2.25. The number of carbonyl (C=O) groups excluding carboxylic acids is 1. The Balaban J connectivity index is 1.84. The van der Waals surface area contributed by atoms with E-state index in [9.17, 15) is 13.2 Å². The number of carbonyl (C=O) groups is 1. The summed E-state index contributed by atoms with van der Waals surface area (Å²) in [6.07, 6.45) is 7.71. The molecule has 0 bridgehead atoms. The summed E-state index contributed by atoms with van der Waals surface area (Å²) in [5, 5.41) is 3.09. The van der Waals surface area contributed by atoms with Crippen molar-refractivity contribution in [1.29, 1.82) is 0 Å². The van der Waals surface area contributed by atoms with Crippen molar-refractivity contribution in [2.75, 3.05) is 13.7 Å². The van der Waals surface area contributed by atoms with Gasteiger partial charge in [-0.3, -0.25) is 4.79 Å². The Morgan fingerprint density at radius 1 is 1.03 bits per heavy atom. The van der Waals surface area contributed by atoms with Gasteiger partial charge in [0.05, 0.1) is 13.7 Å². The first-order valence-electron chi connectivity index (χ1n) is 11.4. The minimum atomic E-state index is -3.97. The molecule has 2 aromatic rings. The van der Waals surface area contributed by atoms with E-state index in [1.165, 1.54) is 30.7 Å². The van der Waals surface area contributed by atoms with Crippen LogP contribution in [-0.4, -0.2) is 38.3 Å². The van der Waals surface area contributed by atoms with Gasteiger partial charge in [-0.2, -0.15) is 4.31 Å². The summed E-state index contributed by atoms with van der Waals surface area (Å²) in [4.78, 5) is 13.0. The van der Waals surface area contributed by atoms with Gasteiger partial charge in [0.1, 0.15) is 10.6 Å². The van der Waals surface area contributed by atoms with Gasteiger partial charge < -0.3 is 10.1 Å². The first-order chi connectivity index (χ1) is 15.4. The Hall–Kier alpha value is -2.38. The lowest BCUT2D eigenvalue weighted by atomic mass is 9.97. The molecule has 2 aromatic carbocycles. The van der Waals surface area contributed by atoms with E-state index in [1.54, 1.807) is 18.2 Å². The molecule has 0 aromatic heterocycles. The van der Waals surface area contributed by atoms with Crippen molar-refractivity contribution in [2.45, 2.75) is 69.4 Å². The molecule has 32 heavy (non-hydrogen) atoms. The Morgan fingerprint density at radius 2 is 1.69 bits per heavy atom. The Labute approximate surface area is 192 Å². The molecule has 0 saturated heterocycles. The van der Waals surface area contributed by atoms with Crippen LogP contribution in [0.2, 0.25) is 0 Å². The van der Waals surface area contributed by atoms with Crippen molar-refractivity contribution in [1.82, 2.24) is 9.62 Å². The van der Waals surface area contributed by atoms with Crippen LogP contribution in [0.4, 0.5) is 0 Å². The molecule has 3 rings (SSSR count). The quantitative estimate of drug-likeness (QED) is 0.635. The van der Waals surface area contributed by atoms with E-state index >= 15 is 0 Å².